The quantitative estimate of drug-likeness (QED) is 0.736. The van der Waals surface area contributed by atoms with Crippen molar-refractivity contribution >= 4 is 0 Å². The molecule has 1 aliphatic heterocycles. The first kappa shape index (κ1) is 8.72. The average Bonchev–Trinajstić information content (AvgIpc) is 2.43. The molecule has 1 atom stereocenters. The van der Waals surface area contributed by atoms with Crippen LogP contribution >= 0.6 is 0 Å². The van der Waals surface area contributed by atoms with Gasteiger partial charge in [0.25, 0.3) is 0 Å². The van der Waals surface area contributed by atoms with Gasteiger partial charge in [0.1, 0.15) is 5.82 Å². The second-order valence-corrected chi connectivity index (χ2v) is 3.52. The zero-order chi connectivity index (χ0) is 9.26. The average molecular weight is 181 g/mol. The van der Waals surface area contributed by atoms with E-state index >= 15 is 0 Å². The minimum atomic E-state index is 0.300. The third-order valence-corrected chi connectivity index (χ3v) is 2.37. The van der Waals surface area contributed by atoms with E-state index in [1.54, 1.807) is 0 Å². The van der Waals surface area contributed by atoms with E-state index in [0.717, 1.165) is 19.0 Å². The fourth-order valence-corrected chi connectivity index (χ4v) is 1.55. The molecule has 1 aromatic rings. The summed E-state index contributed by atoms with van der Waals surface area (Å²) >= 11 is 0. The number of nitrogens with zero attached hydrogens (tertiary/aromatic N) is 2. The number of aryl methyl sites for hydroxylation is 1. The van der Waals surface area contributed by atoms with Gasteiger partial charge in [-0.25, -0.2) is 4.98 Å². The molecule has 0 aromatic carbocycles. The van der Waals surface area contributed by atoms with E-state index in [0.29, 0.717) is 12.1 Å². The van der Waals surface area contributed by atoms with Crippen LogP contribution in [0.4, 0.5) is 0 Å². The molecular formula is C9H15N3O. The van der Waals surface area contributed by atoms with Crippen LogP contribution in [0.15, 0.2) is 12.4 Å². The first-order valence-electron chi connectivity index (χ1n) is 4.58. The van der Waals surface area contributed by atoms with Crippen LogP contribution in [-0.2, 0) is 11.8 Å². The molecule has 0 saturated carbocycles. The Hall–Kier alpha value is -0.870. The van der Waals surface area contributed by atoms with Crippen molar-refractivity contribution in [3.8, 4) is 0 Å². The highest BCUT2D eigenvalue weighted by molar-refractivity contribution is 4.98. The number of imidazole rings is 1. The number of hydrogen-bond donors (Lipinski definition) is 1. The highest BCUT2D eigenvalue weighted by Gasteiger charge is 2.21. The van der Waals surface area contributed by atoms with Crippen LogP contribution < -0.4 is 5.32 Å². The molecule has 1 N–H and O–H groups in total. The summed E-state index contributed by atoms with van der Waals surface area (Å²) in [6.45, 7) is 3.78. The molecule has 4 heteroatoms. The normalized spacial score (nSPS) is 19.8. The number of hydrogen-bond acceptors (Lipinski definition) is 3. The number of rotatable bonds is 3. The molecule has 0 radical (unpaired) electrons. The summed E-state index contributed by atoms with van der Waals surface area (Å²) in [5, 5.41) is 3.45. The molecule has 0 spiro atoms. The Balaban J connectivity index is 1.96. The Morgan fingerprint density at radius 2 is 2.46 bits per heavy atom. The van der Waals surface area contributed by atoms with Gasteiger partial charge in [0.2, 0.25) is 0 Å². The van der Waals surface area contributed by atoms with Crippen LogP contribution in [0.2, 0.25) is 0 Å². The van der Waals surface area contributed by atoms with Gasteiger partial charge in [-0.05, 0) is 6.92 Å². The molecular weight excluding hydrogens is 166 g/mol. The Kier molecular flexibility index (Phi) is 2.33. The standard InChI is InChI=1S/C9H15N3O/c1-7(11-8-5-13-6-8)9-10-3-4-12(9)2/h3-4,7-8,11H,5-6H2,1-2H3. The summed E-state index contributed by atoms with van der Waals surface area (Å²) in [6.07, 6.45) is 3.79. The van der Waals surface area contributed by atoms with Crippen LogP contribution in [-0.4, -0.2) is 28.8 Å². The minimum absolute atomic E-state index is 0.300. The van der Waals surface area contributed by atoms with Crippen molar-refractivity contribution in [1.29, 1.82) is 0 Å². The van der Waals surface area contributed by atoms with Crippen molar-refractivity contribution < 1.29 is 4.74 Å². The second-order valence-electron chi connectivity index (χ2n) is 3.52. The predicted octanol–water partition coefficient (Wildman–Crippen LogP) is 0.469. The smallest absolute Gasteiger partial charge is 0.125 e. The molecule has 0 aliphatic carbocycles. The van der Waals surface area contributed by atoms with Crippen molar-refractivity contribution in [2.75, 3.05) is 13.2 Å². The van der Waals surface area contributed by atoms with Crippen LogP contribution in [0.1, 0.15) is 18.8 Å². The highest BCUT2D eigenvalue weighted by Crippen LogP contribution is 2.12. The molecule has 4 nitrogen and oxygen atoms in total. The minimum Gasteiger partial charge on any atom is -0.378 e. The summed E-state index contributed by atoms with van der Waals surface area (Å²) in [4.78, 5) is 4.29. The molecule has 2 heterocycles. The van der Waals surface area contributed by atoms with Crippen molar-refractivity contribution in [2.24, 2.45) is 7.05 Å². The topological polar surface area (TPSA) is 39.1 Å². The summed E-state index contributed by atoms with van der Waals surface area (Å²) in [7, 11) is 2.01. The zero-order valence-corrected chi connectivity index (χ0v) is 8.03. The molecule has 1 aromatic heterocycles. The van der Waals surface area contributed by atoms with Gasteiger partial charge in [0.05, 0.1) is 25.3 Å². The monoisotopic (exact) mass is 181 g/mol. The lowest BCUT2D eigenvalue weighted by atomic mass is 10.2. The lowest BCUT2D eigenvalue weighted by Crippen LogP contribution is -2.47. The van der Waals surface area contributed by atoms with Crippen LogP contribution in [0, 0.1) is 0 Å². The summed E-state index contributed by atoms with van der Waals surface area (Å²) < 4.78 is 7.13. The Morgan fingerprint density at radius 3 is 2.92 bits per heavy atom. The number of ether oxygens (including phenoxy) is 1. The maximum absolute atomic E-state index is 5.09. The van der Waals surface area contributed by atoms with Crippen LogP contribution in [0.3, 0.4) is 0 Å². The fourth-order valence-electron chi connectivity index (χ4n) is 1.55. The third kappa shape index (κ3) is 1.73. The first-order chi connectivity index (χ1) is 6.27. The van der Waals surface area contributed by atoms with Gasteiger partial charge in [-0.15, -0.1) is 0 Å². The van der Waals surface area contributed by atoms with E-state index in [1.807, 2.05) is 24.0 Å². The van der Waals surface area contributed by atoms with Gasteiger partial charge < -0.3 is 14.6 Å². The van der Waals surface area contributed by atoms with E-state index in [4.69, 9.17) is 4.74 Å². The largest absolute Gasteiger partial charge is 0.378 e. The SMILES string of the molecule is CC(NC1COC1)c1nccn1C. The Morgan fingerprint density at radius 1 is 1.69 bits per heavy atom. The second kappa shape index (κ2) is 3.47. The maximum Gasteiger partial charge on any atom is 0.125 e. The van der Waals surface area contributed by atoms with Gasteiger partial charge in [-0.2, -0.15) is 0 Å². The molecule has 1 saturated heterocycles. The predicted molar refractivity (Wildman–Crippen MR) is 49.4 cm³/mol. The number of aromatic nitrogens is 2. The zero-order valence-electron chi connectivity index (χ0n) is 8.03. The van der Waals surface area contributed by atoms with E-state index in [9.17, 15) is 0 Å². The van der Waals surface area contributed by atoms with E-state index in [-0.39, 0.29) is 0 Å². The molecule has 13 heavy (non-hydrogen) atoms. The van der Waals surface area contributed by atoms with Crippen LogP contribution in [0.25, 0.3) is 0 Å². The lowest BCUT2D eigenvalue weighted by Gasteiger charge is -2.29. The fraction of sp³-hybridized carbons (Fsp3) is 0.667. The van der Waals surface area contributed by atoms with Crippen molar-refractivity contribution in [1.82, 2.24) is 14.9 Å². The third-order valence-electron chi connectivity index (χ3n) is 2.37. The summed E-state index contributed by atoms with van der Waals surface area (Å²) in [6, 6.07) is 0.806. The van der Waals surface area contributed by atoms with E-state index < -0.39 is 0 Å². The molecule has 2 rings (SSSR count). The molecule has 1 aliphatic rings. The van der Waals surface area contributed by atoms with Gasteiger partial charge in [-0.3, -0.25) is 0 Å². The molecule has 0 bridgehead atoms. The van der Waals surface area contributed by atoms with Gasteiger partial charge in [0.15, 0.2) is 0 Å². The van der Waals surface area contributed by atoms with Gasteiger partial charge >= 0.3 is 0 Å². The van der Waals surface area contributed by atoms with Crippen molar-refractivity contribution in [3.05, 3.63) is 18.2 Å². The summed E-state index contributed by atoms with van der Waals surface area (Å²) in [5.41, 5.74) is 0. The van der Waals surface area contributed by atoms with Crippen molar-refractivity contribution in [2.45, 2.75) is 19.0 Å². The summed E-state index contributed by atoms with van der Waals surface area (Å²) in [5.74, 6) is 1.08. The van der Waals surface area contributed by atoms with Crippen molar-refractivity contribution in [3.63, 3.8) is 0 Å². The van der Waals surface area contributed by atoms with Gasteiger partial charge in [-0.1, -0.05) is 0 Å². The molecule has 1 fully saturated rings. The van der Waals surface area contributed by atoms with Gasteiger partial charge in [0, 0.05) is 19.4 Å². The lowest BCUT2D eigenvalue weighted by molar-refractivity contribution is -0.00975. The molecule has 1 unspecified atom stereocenters. The molecule has 0 amide bonds. The molecule has 72 valence electrons. The number of nitrogens with one attached hydrogen (secondary N) is 1. The maximum atomic E-state index is 5.09. The Labute approximate surface area is 77.9 Å². The Bertz CT molecular complexity index is 280. The highest BCUT2D eigenvalue weighted by atomic mass is 16.5. The first-order valence-corrected chi connectivity index (χ1v) is 4.58. The van der Waals surface area contributed by atoms with E-state index in [2.05, 4.69) is 17.2 Å². The van der Waals surface area contributed by atoms with Crippen LogP contribution in [0.5, 0.6) is 0 Å². The van der Waals surface area contributed by atoms with E-state index in [1.165, 1.54) is 0 Å².